The van der Waals surface area contributed by atoms with Crippen molar-refractivity contribution in [2.45, 2.75) is 19.4 Å². The fourth-order valence-electron chi connectivity index (χ4n) is 2.16. The van der Waals surface area contributed by atoms with Crippen LogP contribution in [0.5, 0.6) is 0 Å². The first-order chi connectivity index (χ1) is 10.1. The third kappa shape index (κ3) is 6.79. The monoisotopic (exact) mass is 416 g/mol. The van der Waals surface area contributed by atoms with Crippen LogP contribution in [0.25, 0.3) is 0 Å². The van der Waals surface area contributed by atoms with E-state index in [9.17, 15) is 0 Å². The molecule has 1 aromatic carbocycles. The van der Waals surface area contributed by atoms with E-state index in [1.54, 1.807) is 7.05 Å². The zero-order valence-electron chi connectivity index (χ0n) is 14.1. The molecule has 0 heterocycles. The summed E-state index contributed by atoms with van der Waals surface area (Å²) in [6, 6.07) is 9.14. The number of likely N-dealkylation sites (N-methyl/N-ethyl adjacent to an activating group) is 1. The van der Waals surface area contributed by atoms with E-state index >= 15 is 0 Å². The highest BCUT2D eigenvalue weighted by molar-refractivity contribution is 14.0. The van der Waals surface area contributed by atoms with Gasteiger partial charge < -0.3 is 15.5 Å². The van der Waals surface area contributed by atoms with E-state index in [0.29, 0.717) is 12.6 Å². The fourth-order valence-corrected chi connectivity index (χ4v) is 2.16. The molecule has 0 aliphatic carbocycles. The van der Waals surface area contributed by atoms with Gasteiger partial charge in [-0.05, 0) is 31.6 Å². The molecule has 0 saturated heterocycles. The Morgan fingerprint density at radius 2 is 1.91 bits per heavy atom. The first kappa shape index (κ1) is 20.9. The molecule has 2 N–H and O–H groups in total. The highest BCUT2D eigenvalue weighted by Crippen LogP contribution is 2.18. The second-order valence-corrected chi connectivity index (χ2v) is 5.20. The zero-order chi connectivity index (χ0) is 15.7. The van der Waals surface area contributed by atoms with Gasteiger partial charge in [0.25, 0.3) is 0 Å². The largest absolute Gasteiger partial charge is 0.354 e. The van der Waals surface area contributed by atoms with Crippen LogP contribution in [-0.4, -0.2) is 45.1 Å². The Morgan fingerprint density at radius 3 is 2.36 bits per heavy atom. The van der Waals surface area contributed by atoms with Gasteiger partial charge in [0.1, 0.15) is 0 Å². The van der Waals surface area contributed by atoms with Gasteiger partial charge in [-0.15, -0.1) is 30.6 Å². The summed E-state index contributed by atoms with van der Waals surface area (Å²) in [6.07, 6.45) is 2.89. The van der Waals surface area contributed by atoms with Crippen molar-refractivity contribution in [3.63, 3.8) is 0 Å². The van der Waals surface area contributed by atoms with Crippen molar-refractivity contribution in [3.8, 4) is 0 Å². The van der Waals surface area contributed by atoms with Crippen LogP contribution in [0.2, 0.25) is 0 Å². The van der Waals surface area contributed by atoms with E-state index in [0.717, 1.165) is 18.9 Å². The molecule has 1 atom stereocenters. The van der Waals surface area contributed by atoms with Crippen molar-refractivity contribution >= 4 is 29.9 Å². The molecule has 0 aliphatic rings. The Bertz CT molecular complexity index is 454. The highest BCUT2D eigenvalue weighted by Gasteiger charge is 2.14. The average molecular weight is 416 g/mol. The Balaban J connectivity index is 0.00000441. The molecule has 5 heteroatoms. The number of nitrogens with one attached hydrogen (secondary N) is 2. The molecule has 0 saturated carbocycles. The maximum Gasteiger partial charge on any atom is 0.191 e. The summed E-state index contributed by atoms with van der Waals surface area (Å²) in [5.74, 6) is 0.798. The van der Waals surface area contributed by atoms with Crippen molar-refractivity contribution in [1.82, 2.24) is 15.5 Å². The molecule has 4 nitrogen and oxygen atoms in total. The lowest BCUT2D eigenvalue weighted by atomic mass is 10.0. The van der Waals surface area contributed by atoms with Crippen LogP contribution >= 0.6 is 24.0 Å². The molecule has 1 aromatic rings. The number of aliphatic imine (C=N–C) groups is 1. The summed E-state index contributed by atoms with van der Waals surface area (Å²) in [5, 5.41) is 6.55. The Labute approximate surface area is 152 Å². The van der Waals surface area contributed by atoms with Gasteiger partial charge in [-0.2, -0.15) is 0 Å². The third-order valence-electron chi connectivity index (χ3n) is 3.50. The highest BCUT2D eigenvalue weighted by atomic mass is 127. The first-order valence-corrected chi connectivity index (χ1v) is 7.43. The standard InChI is InChI=1S/C17H28N4.HI/c1-6-12-19-17(18-3)20-13-16(21(4)5)15-10-8-14(7-2)9-11-15;/h6,8-11,16H,1,7,12-13H2,2-5H3,(H2,18,19,20);1H. The minimum atomic E-state index is 0. The molecule has 0 aromatic heterocycles. The zero-order valence-corrected chi connectivity index (χ0v) is 16.4. The molecular weight excluding hydrogens is 387 g/mol. The van der Waals surface area contributed by atoms with Gasteiger partial charge in [0.05, 0.1) is 6.04 Å². The molecular formula is C17H29IN4. The summed E-state index contributed by atoms with van der Waals surface area (Å²) in [5.41, 5.74) is 2.68. The van der Waals surface area contributed by atoms with Crippen molar-refractivity contribution in [1.29, 1.82) is 0 Å². The van der Waals surface area contributed by atoms with E-state index in [1.807, 2.05) is 6.08 Å². The van der Waals surface area contributed by atoms with Gasteiger partial charge in [0, 0.05) is 20.1 Å². The minimum absolute atomic E-state index is 0. The van der Waals surface area contributed by atoms with E-state index < -0.39 is 0 Å². The van der Waals surface area contributed by atoms with Gasteiger partial charge in [-0.1, -0.05) is 37.3 Å². The molecule has 0 bridgehead atoms. The van der Waals surface area contributed by atoms with Gasteiger partial charge in [0.15, 0.2) is 5.96 Å². The van der Waals surface area contributed by atoms with Gasteiger partial charge in [0.2, 0.25) is 0 Å². The van der Waals surface area contributed by atoms with Crippen LogP contribution in [0.4, 0.5) is 0 Å². The van der Waals surface area contributed by atoms with Crippen LogP contribution in [0, 0.1) is 0 Å². The normalized spacial score (nSPS) is 12.5. The molecule has 0 fully saturated rings. The first-order valence-electron chi connectivity index (χ1n) is 7.43. The van der Waals surface area contributed by atoms with E-state index in [1.165, 1.54) is 11.1 Å². The van der Waals surface area contributed by atoms with Crippen LogP contribution in [0.1, 0.15) is 24.1 Å². The Kier molecular flexibility index (Phi) is 10.9. The second kappa shape index (κ2) is 11.5. The Morgan fingerprint density at radius 1 is 1.27 bits per heavy atom. The number of hydrogen-bond donors (Lipinski definition) is 2. The Hall–Kier alpha value is -1.08. The summed E-state index contributed by atoms with van der Waals surface area (Å²) in [7, 11) is 5.97. The quantitative estimate of drug-likeness (QED) is 0.311. The predicted octanol–water partition coefficient (Wildman–Crippen LogP) is 2.82. The number of aryl methyl sites for hydroxylation is 1. The smallest absolute Gasteiger partial charge is 0.191 e. The van der Waals surface area contributed by atoms with Crippen molar-refractivity contribution in [2.24, 2.45) is 4.99 Å². The molecule has 1 rings (SSSR count). The predicted molar refractivity (Wildman–Crippen MR) is 107 cm³/mol. The van der Waals surface area contributed by atoms with Crippen LogP contribution < -0.4 is 10.6 Å². The van der Waals surface area contributed by atoms with Crippen LogP contribution in [0.3, 0.4) is 0 Å². The molecule has 124 valence electrons. The molecule has 0 aliphatic heterocycles. The minimum Gasteiger partial charge on any atom is -0.354 e. The number of hydrogen-bond acceptors (Lipinski definition) is 2. The molecule has 0 amide bonds. The van der Waals surface area contributed by atoms with Crippen molar-refractivity contribution in [2.75, 3.05) is 34.2 Å². The summed E-state index contributed by atoms with van der Waals surface area (Å²) in [6.45, 7) is 7.38. The average Bonchev–Trinajstić information content (AvgIpc) is 2.50. The fraction of sp³-hybridized carbons (Fsp3) is 0.471. The maximum absolute atomic E-state index is 4.21. The van der Waals surface area contributed by atoms with Crippen molar-refractivity contribution in [3.05, 3.63) is 48.0 Å². The lowest BCUT2D eigenvalue weighted by Gasteiger charge is -2.26. The molecule has 0 radical (unpaired) electrons. The number of benzene rings is 1. The summed E-state index contributed by atoms with van der Waals surface area (Å²) in [4.78, 5) is 6.42. The van der Waals surface area contributed by atoms with E-state index in [4.69, 9.17) is 0 Å². The number of guanidine groups is 1. The topological polar surface area (TPSA) is 39.7 Å². The van der Waals surface area contributed by atoms with Gasteiger partial charge in [-0.25, -0.2) is 0 Å². The SMILES string of the molecule is C=CCNC(=NC)NCC(c1ccc(CC)cc1)N(C)C.I. The van der Waals surface area contributed by atoms with E-state index in [2.05, 4.69) is 72.4 Å². The maximum atomic E-state index is 4.21. The third-order valence-corrected chi connectivity index (χ3v) is 3.50. The number of halogens is 1. The summed E-state index contributed by atoms with van der Waals surface area (Å²) < 4.78 is 0. The van der Waals surface area contributed by atoms with Crippen LogP contribution in [-0.2, 0) is 6.42 Å². The molecule has 1 unspecified atom stereocenters. The van der Waals surface area contributed by atoms with Gasteiger partial charge >= 0.3 is 0 Å². The summed E-state index contributed by atoms with van der Waals surface area (Å²) >= 11 is 0. The number of rotatable bonds is 7. The lowest BCUT2D eigenvalue weighted by Crippen LogP contribution is -2.41. The lowest BCUT2D eigenvalue weighted by molar-refractivity contribution is 0.298. The van der Waals surface area contributed by atoms with Crippen LogP contribution in [0.15, 0.2) is 41.9 Å². The molecule has 0 spiro atoms. The second-order valence-electron chi connectivity index (χ2n) is 5.20. The van der Waals surface area contributed by atoms with Crippen molar-refractivity contribution < 1.29 is 0 Å². The number of nitrogens with zero attached hydrogens (tertiary/aromatic N) is 2. The van der Waals surface area contributed by atoms with Gasteiger partial charge in [-0.3, -0.25) is 4.99 Å². The molecule has 22 heavy (non-hydrogen) atoms. The van der Waals surface area contributed by atoms with E-state index in [-0.39, 0.29) is 24.0 Å².